The number of benzene rings is 1. The van der Waals surface area contributed by atoms with Crippen molar-refractivity contribution in [2.45, 2.75) is 24.6 Å². The summed E-state index contributed by atoms with van der Waals surface area (Å²) in [6.07, 6.45) is 4.97. The first-order chi connectivity index (χ1) is 11.6. The minimum absolute atomic E-state index is 0.0956. The van der Waals surface area contributed by atoms with Gasteiger partial charge in [0.25, 0.3) is 0 Å². The SMILES string of the molecule is O=S(=O)(Cc1ccon1)N1CCC[C@H](n2cnc3ccccc32)C1. The summed E-state index contributed by atoms with van der Waals surface area (Å²) in [5, 5.41) is 3.71. The number of hydrogen-bond donors (Lipinski definition) is 0. The molecule has 7 nitrogen and oxygen atoms in total. The van der Waals surface area contributed by atoms with Crippen LogP contribution in [0.4, 0.5) is 0 Å². The molecule has 1 fully saturated rings. The van der Waals surface area contributed by atoms with Gasteiger partial charge in [-0.2, -0.15) is 4.31 Å². The number of sulfonamides is 1. The van der Waals surface area contributed by atoms with Crippen molar-refractivity contribution in [1.82, 2.24) is 19.0 Å². The van der Waals surface area contributed by atoms with E-state index in [0.717, 1.165) is 23.9 Å². The number of rotatable bonds is 4. The number of fused-ring (bicyclic) bond motifs is 1. The molecule has 126 valence electrons. The first-order valence-electron chi connectivity index (χ1n) is 7.92. The zero-order valence-electron chi connectivity index (χ0n) is 13.1. The zero-order chi connectivity index (χ0) is 16.6. The van der Waals surface area contributed by atoms with E-state index in [0.29, 0.717) is 18.8 Å². The van der Waals surface area contributed by atoms with Crippen molar-refractivity contribution in [3.63, 3.8) is 0 Å². The van der Waals surface area contributed by atoms with Gasteiger partial charge in [-0.25, -0.2) is 13.4 Å². The molecule has 3 aromatic rings. The van der Waals surface area contributed by atoms with Crippen LogP contribution in [0, 0.1) is 0 Å². The van der Waals surface area contributed by atoms with Gasteiger partial charge in [0.2, 0.25) is 10.0 Å². The number of aromatic nitrogens is 3. The molecular weight excluding hydrogens is 328 g/mol. The Morgan fingerprint density at radius 2 is 2.12 bits per heavy atom. The molecule has 0 amide bonds. The first kappa shape index (κ1) is 15.3. The van der Waals surface area contributed by atoms with E-state index in [1.165, 1.54) is 6.26 Å². The highest BCUT2D eigenvalue weighted by atomic mass is 32.2. The normalized spacial score (nSPS) is 19.8. The van der Waals surface area contributed by atoms with E-state index in [1.807, 2.05) is 30.6 Å². The standard InChI is InChI=1S/C16H18N4O3S/c21-24(22,11-13-7-9-23-18-13)19-8-3-4-14(10-19)20-12-17-15-5-1-2-6-16(15)20/h1-2,5-7,9,12,14H,3-4,8,10-11H2/t14-/m0/s1. The molecule has 1 aliphatic rings. The number of imidazole rings is 1. The molecule has 0 aliphatic carbocycles. The summed E-state index contributed by atoms with van der Waals surface area (Å²) in [6.45, 7) is 1.00. The Morgan fingerprint density at radius 1 is 1.25 bits per heavy atom. The van der Waals surface area contributed by atoms with Gasteiger partial charge >= 0.3 is 0 Å². The maximum atomic E-state index is 12.7. The van der Waals surface area contributed by atoms with Crippen molar-refractivity contribution in [2.75, 3.05) is 13.1 Å². The van der Waals surface area contributed by atoms with Crippen molar-refractivity contribution in [1.29, 1.82) is 0 Å². The van der Waals surface area contributed by atoms with Crippen LogP contribution in [0.3, 0.4) is 0 Å². The average molecular weight is 346 g/mol. The van der Waals surface area contributed by atoms with E-state index >= 15 is 0 Å². The third-order valence-corrected chi connectivity index (χ3v) is 6.23. The smallest absolute Gasteiger partial charge is 0.220 e. The molecule has 8 heteroatoms. The van der Waals surface area contributed by atoms with E-state index in [4.69, 9.17) is 4.52 Å². The van der Waals surface area contributed by atoms with Gasteiger partial charge < -0.3 is 9.09 Å². The highest BCUT2D eigenvalue weighted by Gasteiger charge is 2.30. The fraction of sp³-hybridized carbons (Fsp3) is 0.375. The molecule has 1 saturated heterocycles. The number of nitrogens with zero attached hydrogens (tertiary/aromatic N) is 4. The lowest BCUT2D eigenvalue weighted by Gasteiger charge is -2.32. The predicted octanol–water partition coefficient (Wildman–Crippen LogP) is 2.19. The second-order valence-electron chi connectivity index (χ2n) is 6.04. The summed E-state index contributed by atoms with van der Waals surface area (Å²) in [7, 11) is -3.41. The molecule has 0 N–H and O–H groups in total. The van der Waals surface area contributed by atoms with Crippen LogP contribution < -0.4 is 0 Å². The largest absolute Gasteiger partial charge is 0.364 e. The Labute approximate surface area is 139 Å². The molecule has 2 aromatic heterocycles. The highest BCUT2D eigenvalue weighted by Crippen LogP contribution is 2.27. The van der Waals surface area contributed by atoms with Crippen molar-refractivity contribution in [3.05, 3.63) is 48.6 Å². The Hall–Kier alpha value is -2.19. The monoisotopic (exact) mass is 346 g/mol. The molecule has 0 unspecified atom stereocenters. The fourth-order valence-corrected chi connectivity index (χ4v) is 4.77. The van der Waals surface area contributed by atoms with Gasteiger partial charge in [-0.05, 0) is 25.0 Å². The molecule has 1 atom stereocenters. The molecule has 0 saturated carbocycles. The van der Waals surface area contributed by atoms with E-state index in [1.54, 1.807) is 10.4 Å². The lowest BCUT2D eigenvalue weighted by atomic mass is 10.1. The van der Waals surface area contributed by atoms with Gasteiger partial charge in [0.05, 0.1) is 23.1 Å². The third kappa shape index (κ3) is 2.83. The Bertz CT molecular complexity index is 933. The quantitative estimate of drug-likeness (QED) is 0.723. The van der Waals surface area contributed by atoms with Crippen molar-refractivity contribution in [2.24, 2.45) is 0 Å². The van der Waals surface area contributed by atoms with Crippen LogP contribution in [-0.4, -0.2) is 40.5 Å². The van der Waals surface area contributed by atoms with Crippen molar-refractivity contribution in [3.8, 4) is 0 Å². The summed E-state index contributed by atoms with van der Waals surface area (Å²) < 4.78 is 33.7. The van der Waals surface area contributed by atoms with E-state index in [9.17, 15) is 8.42 Å². The van der Waals surface area contributed by atoms with E-state index in [2.05, 4.69) is 14.7 Å². The summed E-state index contributed by atoms with van der Waals surface area (Å²) >= 11 is 0. The molecule has 4 rings (SSSR count). The predicted molar refractivity (Wildman–Crippen MR) is 88.7 cm³/mol. The lowest BCUT2D eigenvalue weighted by molar-refractivity contribution is 0.269. The van der Waals surface area contributed by atoms with Gasteiger partial charge in [0.1, 0.15) is 12.0 Å². The van der Waals surface area contributed by atoms with Crippen LogP contribution in [0.1, 0.15) is 24.6 Å². The Morgan fingerprint density at radius 3 is 2.96 bits per heavy atom. The molecule has 3 heterocycles. The molecule has 0 bridgehead atoms. The number of para-hydroxylation sites is 2. The van der Waals surface area contributed by atoms with Crippen molar-refractivity contribution < 1.29 is 12.9 Å². The topological polar surface area (TPSA) is 81.2 Å². The van der Waals surface area contributed by atoms with Crippen molar-refractivity contribution >= 4 is 21.1 Å². The second kappa shape index (κ2) is 6.03. The summed E-state index contributed by atoms with van der Waals surface area (Å²) in [5.74, 6) is -0.124. The Balaban J connectivity index is 1.57. The molecule has 0 spiro atoms. The van der Waals surface area contributed by atoms with E-state index < -0.39 is 10.0 Å². The minimum Gasteiger partial charge on any atom is -0.364 e. The van der Waals surface area contributed by atoms with E-state index in [-0.39, 0.29) is 11.8 Å². The molecular formula is C16H18N4O3S. The zero-order valence-corrected chi connectivity index (χ0v) is 13.9. The first-order valence-corrected chi connectivity index (χ1v) is 9.53. The summed E-state index contributed by atoms with van der Waals surface area (Å²) in [4.78, 5) is 4.41. The average Bonchev–Trinajstić information content (AvgIpc) is 3.24. The second-order valence-corrected chi connectivity index (χ2v) is 8.01. The maximum Gasteiger partial charge on any atom is 0.220 e. The maximum absolute atomic E-state index is 12.7. The van der Waals surface area contributed by atoms with Gasteiger partial charge in [-0.15, -0.1) is 0 Å². The van der Waals surface area contributed by atoms with Crippen LogP contribution in [-0.2, 0) is 15.8 Å². The van der Waals surface area contributed by atoms with Gasteiger partial charge in [0.15, 0.2) is 0 Å². The number of piperidine rings is 1. The summed E-state index contributed by atoms with van der Waals surface area (Å²) in [6, 6.07) is 9.59. The molecule has 24 heavy (non-hydrogen) atoms. The fourth-order valence-electron chi connectivity index (χ4n) is 3.26. The van der Waals surface area contributed by atoms with Crippen LogP contribution in [0.15, 0.2) is 47.4 Å². The number of hydrogen-bond acceptors (Lipinski definition) is 5. The van der Waals surface area contributed by atoms with Crippen LogP contribution in [0.5, 0.6) is 0 Å². The van der Waals surface area contributed by atoms with Gasteiger partial charge in [0, 0.05) is 25.2 Å². The minimum atomic E-state index is -3.41. The Kier molecular flexibility index (Phi) is 3.85. The van der Waals surface area contributed by atoms with Crippen LogP contribution in [0.2, 0.25) is 0 Å². The lowest BCUT2D eigenvalue weighted by Crippen LogP contribution is -2.41. The highest BCUT2D eigenvalue weighted by molar-refractivity contribution is 7.88. The molecule has 1 aliphatic heterocycles. The van der Waals surface area contributed by atoms with Gasteiger partial charge in [-0.1, -0.05) is 17.3 Å². The van der Waals surface area contributed by atoms with Crippen LogP contribution in [0.25, 0.3) is 11.0 Å². The van der Waals surface area contributed by atoms with Gasteiger partial charge in [-0.3, -0.25) is 0 Å². The summed E-state index contributed by atoms with van der Waals surface area (Å²) in [5.41, 5.74) is 2.41. The van der Waals surface area contributed by atoms with Crippen LogP contribution >= 0.6 is 0 Å². The molecule has 1 aromatic carbocycles. The third-order valence-electron chi connectivity index (χ3n) is 4.45. The molecule has 0 radical (unpaired) electrons.